The molecule has 4 unspecified atom stereocenters. The van der Waals surface area contributed by atoms with Gasteiger partial charge in [0.2, 0.25) is 0 Å². The number of rotatable bonds is 3. The third kappa shape index (κ3) is 2.48. The van der Waals surface area contributed by atoms with Gasteiger partial charge in [-0.05, 0) is 68.5 Å². The Hall–Kier alpha value is -1.02. The van der Waals surface area contributed by atoms with Crippen molar-refractivity contribution in [1.82, 2.24) is 5.32 Å². The smallest absolute Gasteiger partial charge is 0.0414 e. The van der Waals surface area contributed by atoms with Crippen LogP contribution in [0.1, 0.15) is 50.1 Å². The average molecular weight is 284 g/mol. The maximum Gasteiger partial charge on any atom is 0.0414 e. The van der Waals surface area contributed by atoms with E-state index >= 15 is 0 Å². The van der Waals surface area contributed by atoms with E-state index in [4.69, 9.17) is 0 Å². The Balaban J connectivity index is 1.57. The number of hydrogen-bond donors (Lipinski definition) is 1. The van der Waals surface area contributed by atoms with Crippen LogP contribution in [0.25, 0.3) is 0 Å². The summed E-state index contributed by atoms with van der Waals surface area (Å²) in [7, 11) is 2.10. The van der Waals surface area contributed by atoms with Crippen LogP contribution < -0.4 is 10.2 Å². The van der Waals surface area contributed by atoms with Crippen molar-refractivity contribution in [2.45, 2.75) is 44.6 Å². The summed E-state index contributed by atoms with van der Waals surface area (Å²) in [5.74, 6) is 3.06. The third-order valence-electron chi connectivity index (χ3n) is 6.26. The lowest BCUT2D eigenvalue weighted by atomic mass is 9.88. The normalized spacial score (nSPS) is 34.8. The molecule has 1 heterocycles. The number of fused-ring (bicyclic) bond motifs is 3. The van der Waals surface area contributed by atoms with Crippen molar-refractivity contribution in [3.05, 3.63) is 29.8 Å². The Labute approximate surface area is 128 Å². The summed E-state index contributed by atoms with van der Waals surface area (Å²) in [6.07, 6.45) is 8.61. The molecule has 3 aliphatic rings. The highest BCUT2D eigenvalue weighted by Gasteiger charge is 2.40. The van der Waals surface area contributed by atoms with E-state index in [0.29, 0.717) is 6.04 Å². The van der Waals surface area contributed by atoms with Crippen LogP contribution >= 0.6 is 0 Å². The number of benzene rings is 1. The summed E-state index contributed by atoms with van der Waals surface area (Å²) in [4.78, 5) is 2.71. The summed E-state index contributed by atoms with van der Waals surface area (Å²) in [5.41, 5.74) is 3.01. The van der Waals surface area contributed by atoms with E-state index in [1.54, 1.807) is 0 Å². The van der Waals surface area contributed by atoms with E-state index in [1.807, 2.05) is 0 Å². The molecule has 2 heteroatoms. The van der Waals surface area contributed by atoms with Crippen LogP contribution in [0.5, 0.6) is 0 Å². The number of nitrogens with one attached hydrogen (secondary N) is 1. The number of nitrogens with zero attached hydrogens (tertiary/aromatic N) is 1. The predicted octanol–water partition coefficient (Wildman–Crippen LogP) is 3.98. The molecule has 1 aromatic carbocycles. The minimum atomic E-state index is 0.534. The highest BCUT2D eigenvalue weighted by Crippen LogP contribution is 2.49. The fraction of sp³-hybridized carbons (Fsp3) is 0.684. The molecule has 0 aromatic heterocycles. The summed E-state index contributed by atoms with van der Waals surface area (Å²) >= 11 is 0. The van der Waals surface area contributed by atoms with Crippen molar-refractivity contribution in [2.24, 2.45) is 17.8 Å². The van der Waals surface area contributed by atoms with Gasteiger partial charge in [0.05, 0.1) is 0 Å². The minimum absolute atomic E-state index is 0.534. The van der Waals surface area contributed by atoms with Gasteiger partial charge in [-0.1, -0.05) is 24.6 Å². The molecule has 21 heavy (non-hydrogen) atoms. The van der Waals surface area contributed by atoms with E-state index in [9.17, 15) is 0 Å². The summed E-state index contributed by atoms with van der Waals surface area (Å²) in [5, 5.41) is 3.51. The molecule has 1 aromatic rings. The lowest BCUT2D eigenvalue weighted by Gasteiger charge is -2.32. The second-order valence-electron chi connectivity index (χ2n) is 7.42. The molecule has 2 saturated carbocycles. The van der Waals surface area contributed by atoms with Gasteiger partial charge in [0, 0.05) is 24.8 Å². The Morgan fingerprint density at radius 3 is 2.81 bits per heavy atom. The molecule has 2 nitrogen and oxygen atoms in total. The van der Waals surface area contributed by atoms with E-state index in [0.717, 1.165) is 17.8 Å². The highest BCUT2D eigenvalue weighted by molar-refractivity contribution is 5.56. The summed E-state index contributed by atoms with van der Waals surface area (Å²) < 4.78 is 0. The van der Waals surface area contributed by atoms with Crippen LogP contribution in [0.2, 0.25) is 0 Å². The Morgan fingerprint density at radius 2 is 2.05 bits per heavy atom. The number of hydrogen-bond acceptors (Lipinski definition) is 2. The standard InChI is InChI=1S/C19H28N2/c1-20-18-6-4-10-21(19-7-3-2-5-17(18)19)13-16-12-14-8-9-15(16)11-14/h2-3,5,7,14-16,18,20H,4,6,8-13H2,1H3. The number of para-hydroxylation sites is 1. The van der Waals surface area contributed by atoms with Gasteiger partial charge in [0.25, 0.3) is 0 Å². The Morgan fingerprint density at radius 1 is 1.14 bits per heavy atom. The van der Waals surface area contributed by atoms with Crippen LogP contribution in [-0.4, -0.2) is 20.1 Å². The first-order valence-electron chi connectivity index (χ1n) is 8.86. The maximum absolute atomic E-state index is 3.51. The largest absolute Gasteiger partial charge is 0.371 e. The molecule has 4 atom stereocenters. The molecule has 4 rings (SSSR count). The molecular formula is C19H28N2. The summed E-state index contributed by atoms with van der Waals surface area (Å²) in [6.45, 7) is 2.54. The van der Waals surface area contributed by atoms with Crippen LogP contribution in [-0.2, 0) is 0 Å². The van der Waals surface area contributed by atoms with Crippen molar-refractivity contribution in [2.75, 3.05) is 25.0 Å². The molecule has 1 aliphatic heterocycles. The van der Waals surface area contributed by atoms with Gasteiger partial charge in [-0.25, -0.2) is 0 Å². The zero-order valence-corrected chi connectivity index (χ0v) is 13.2. The fourth-order valence-corrected chi connectivity index (χ4v) is 5.21. The average Bonchev–Trinajstić information content (AvgIpc) is 3.08. The van der Waals surface area contributed by atoms with Crippen molar-refractivity contribution >= 4 is 5.69 Å². The lowest BCUT2D eigenvalue weighted by Crippen LogP contribution is -2.32. The third-order valence-corrected chi connectivity index (χ3v) is 6.26. The highest BCUT2D eigenvalue weighted by atomic mass is 15.1. The molecule has 0 radical (unpaired) electrons. The van der Waals surface area contributed by atoms with Crippen LogP contribution in [0.4, 0.5) is 5.69 Å². The second-order valence-corrected chi connectivity index (χ2v) is 7.42. The van der Waals surface area contributed by atoms with E-state index < -0.39 is 0 Å². The van der Waals surface area contributed by atoms with Crippen LogP contribution in [0.15, 0.2) is 24.3 Å². The van der Waals surface area contributed by atoms with E-state index in [2.05, 4.69) is 41.5 Å². The van der Waals surface area contributed by atoms with Gasteiger partial charge in [0.1, 0.15) is 0 Å². The van der Waals surface area contributed by atoms with Crippen LogP contribution in [0.3, 0.4) is 0 Å². The summed E-state index contributed by atoms with van der Waals surface area (Å²) in [6, 6.07) is 9.62. The van der Waals surface area contributed by atoms with Crippen molar-refractivity contribution in [3.63, 3.8) is 0 Å². The van der Waals surface area contributed by atoms with Gasteiger partial charge in [-0.3, -0.25) is 0 Å². The first-order chi connectivity index (χ1) is 10.3. The van der Waals surface area contributed by atoms with E-state index in [-0.39, 0.29) is 0 Å². The monoisotopic (exact) mass is 284 g/mol. The van der Waals surface area contributed by atoms with Gasteiger partial charge in [-0.15, -0.1) is 0 Å². The van der Waals surface area contributed by atoms with Gasteiger partial charge < -0.3 is 10.2 Å². The molecule has 2 aliphatic carbocycles. The molecule has 1 N–H and O–H groups in total. The zero-order chi connectivity index (χ0) is 14.2. The predicted molar refractivity (Wildman–Crippen MR) is 88.6 cm³/mol. The van der Waals surface area contributed by atoms with Crippen molar-refractivity contribution < 1.29 is 0 Å². The first kappa shape index (κ1) is 13.6. The molecule has 0 amide bonds. The molecule has 0 spiro atoms. The molecule has 2 fully saturated rings. The maximum atomic E-state index is 3.51. The molecule has 114 valence electrons. The van der Waals surface area contributed by atoms with Crippen molar-refractivity contribution in [3.8, 4) is 0 Å². The Kier molecular flexibility index (Phi) is 3.66. The van der Waals surface area contributed by atoms with Gasteiger partial charge in [-0.2, -0.15) is 0 Å². The number of anilines is 1. The quantitative estimate of drug-likeness (QED) is 0.903. The topological polar surface area (TPSA) is 15.3 Å². The van der Waals surface area contributed by atoms with Gasteiger partial charge in [0.15, 0.2) is 0 Å². The van der Waals surface area contributed by atoms with E-state index in [1.165, 1.54) is 62.9 Å². The lowest BCUT2D eigenvalue weighted by molar-refractivity contribution is 0.333. The zero-order valence-electron chi connectivity index (χ0n) is 13.2. The van der Waals surface area contributed by atoms with Crippen LogP contribution in [0, 0.1) is 17.8 Å². The Bertz CT molecular complexity index is 498. The molecule has 2 bridgehead atoms. The second kappa shape index (κ2) is 5.64. The SMILES string of the molecule is CNC1CCCN(CC2CC3CCC2C3)c2ccccc21. The fourth-order valence-electron chi connectivity index (χ4n) is 5.21. The van der Waals surface area contributed by atoms with Gasteiger partial charge >= 0.3 is 0 Å². The molecule has 0 saturated heterocycles. The first-order valence-corrected chi connectivity index (χ1v) is 8.86. The molecular weight excluding hydrogens is 256 g/mol. The van der Waals surface area contributed by atoms with Crippen molar-refractivity contribution in [1.29, 1.82) is 0 Å². The minimum Gasteiger partial charge on any atom is -0.371 e.